The maximum atomic E-state index is 4.44. The third kappa shape index (κ3) is 4.42. The van der Waals surface area contributed by atoms with Gasteiger partial charge in [0.2, 0.25) is 0 Å². The molecule has 1 aliphatic carbocycles. The highest BCUT2D eigenvalue weighted by molar-refractivity contribution is 5.37. The van der Waals surface area contributed by atoms with E-state index in [9.17, 15) is 0 Å². The molecular formula is C18H32N4. The summed E-state index contributed by atoms with van der Waals surface area (Å²) in [6.07, 6.45) is 6.72. The van der Waals surface area contributed by atoms with Crippen molar-refractivity contribution in [3.8, 4) is 0 Å². The van der Waals surface area contributed by atoms with Crippen molar-refractivity contribution in [3.63, 3.8) is 0 Å². The summed E-state index contributed by atoms with van der Waals surface area (Å²) in [6.45, 7) is 10.1. The fourth-order valence-electron chi connectivity index (χ4n) is 3.17. The van der Waals surface area contributed by atoms with E-state index in [1.807, 2.05) is 0 Å². The largest absolute Gasteiger partial charge is 0.367 e. The molecule has 1 N–H and O–H groups in total. The van der Waals surface area contributed by atoms with Gasteiger partial charge in [0.15, 0.2) is 0 Å². The van der Waals surface area contributed by atoms with Gasteiger partial charge in [0.1, 0.15) is 12.1 Å². The lowest BCUT2D eigenvalue weighted by Gasteiger charge is -2.34. The van der Waals surface area contributed by atoms with Gasteiger partial charge >= 0.3 is 0 Å². The Kier molecular flexibility index (Phi) is 6.18. The second-order valence-electron chi connectivity index (χ2n) is 7.08. The van der Waals surface area contributed by atoms with Gasteiger partial charge in [0.25, 0.3) is 0 Å². The SMILES string of the molecule is CCN(C)C1CCC(Nc2cc(C(C)C(C)C)ncn2)CC1. The summed E-state index contributed by atoms with van der Waals surface area (Å²) < 4.78 is 0. The standard InChI is InChI=1S/C18H32N4/c1-6-22(5)16-9-7-15(8-10-16)21-18-11-17(19-12-20-18)14(4)13(2)3/h11-16H,6-10H2,1-5H3,(H,19,20,21). The Morgan fingerprint density at radius 3 is 2.45 bits per heavy atom. The van der Waals surface area contributed by atoms with Crippen LogP contribution in [0.3, 0.4) is 0 Å². The monoisotopic (exact) mass is 304 g/mol. The van der Waals surface area contributed by atoms with Crippen LogP contribution >= 0.6 is 0 Å². The topological polar surface area (TPSA) is 41.0 Å². The molecule has 4 nitrogen and oxygen atoms in total. The lowest BCUT2D eigenvalue weighted by atomic mass is 9.90. The molecule has 2 rings (SSSR count). The van der Waals surface area contributed by atoms with E-state index in [2.05, 4.69) is 61.0 Å². The predicted octanol–water partition coefficient (Wildman–Crippen LogP) is 3.91. The first-order valence-corrected chi connectivity index (χ1v) is 8.80. The number of aromatic nitrogens is 2. The Balaban J connectivity index is 1.91. The Bertz CT molecular complexity index is 452. The van der Waals surface area contributed by atoms with Crippen LogP contribution in [0.5, 0.6) is 0 Å². The minimum absolute atomic E-state index is 0.470. The summed E-state index contributed by atoms with van der Waals surface area (Å²) in [5.74, 6) is 2.06. The summed E-state index contributed by atoms with van der Waals surface area (Å²) in [6, 6.07) is 3.44. The maximum absolute atomic E-state index is 4.44. The van der Waals surface area contributed by atoms with Crippen LogP contribution in [0.4, 0.5) is 5.82 Å². The van der Waals surface area contributed by atoms with Gasteiger partial charge in [0.05, 0.1) is 0 Å². The molecule has 0 saturated heterocycles. The molecule has 124 valence electrons. The Hall–Kier alpha value is -1.16. The number of anilines is 1. The van der Waals surface area contributed by atoms with E-state index in [-0.39, 0.29) is 0 Å². The highest BCUT2D eigenvalue weighted by Gasteiger charge is 2.23. The first-order valence-electron chi connectivity index (χ1n) is 8.80. The highest BCUT2D eigenvalue weighted by atomic mass is 15.1. The van der Waals surface area contributed by atoms with E-state index in [1.54, 1.807) is 6.33 Å². The third-order valence-corrected chi connectivity index (χ3v) is 5.33. The molecule has 22 heavy (non-hydrogen) atoms. The van der Waals surface area contributed by atoms with E-state index in [4.69, 9.17) is 0 Å². The molecule has 0 amide bonds. The molecule has 1 aromatic rings. The van der Waals surface area contributed by atoms with Crippen molar-refractivity contribution >= 4 is 5.82 Å². The second-order valence-corrected chi connectivity index (χ2v) is 7.08. The minimum atomic E-state index is 0.470. The van der Waals surface area contributed by atoms with Gasteiger partial charge in [-0.2, -0.15) is 0 Å². The van der Waals surface area contributed by atoms with Gasteiger partial charge in [-0.05, 0) is 45.2 Å². The van der Waals surface area contributed by atoms with Crippen LogP contribution in [0.25, 0.3) is 0 Å². The van der Waals surface area contributed by atoms with E-state index < -0.39 is 0 Å². The number of nitrogens with zero attached hydrogens (tertiary/aromatic N) is 3. The molecule has 1 aliphatic rings. The minimum Gasteiger partial charge on any atom is -0.367 e. The average Bonchev–Trinajstić information content (AvgIpc) is 2.54. The molecule has 1 saturated carbocycles. The second kappa shape index (κ2) is 7.91. The quantitative estimate of drug-likeness (QED) is 0.865. The summed E-state index contributed by atoms with van der Waals surface area (Å²) in [5, 5.41) is 3.62. The molecule has 1 unspecified atom stereocenters. The normalized spacial score (nSPS) is 23.8. The lowest BCUT2D eigenvalue weighted by Crippen LogP contribution is -2.38. The van der Waals surface area contributed by atoms with Crippen LogP contribution in [0.2, 0.25) is 0 Å². The summed E-state index contributed by atoms with van der Waals surface area (Å²) in [5.41, 5.74) is 1.15. The van der Waals surface area contributed by atoms with Gasteiger partial charge in [-0.3, -0.25) is 0 Å². The van der Waals surface area contributed by atoms with Crippen molar-refractivity contribution in [2.75, 3.05) is 18.9 Å². The zero-order chi connectivity index (χ0) is 16.1. The van der Waals surface area contributed by atoms with Crippen LogP contribution < -0.4 is 5.32 Å². The average molecular weight is 304 g/mol. The van der Waals surface area contributed by atoms with Crippen LogP contribution in [-0.4, -0.2) is 40.5 Å². The Morgan fingerprint density at radius 2 is 1.86 bits per heavy atom. The van der Waals surface area contributed by atoms with E-state index in [0.717, 1.165) is 24.1 Å². The molecule has 0 radical (unpaired) electrons. The molecular weight excluding hydrogens is 272 g/mol. The van der Waals surface area contributed by atoms with E-state index in [0.29, 0.717) is 17.9 Å². The van der Waals surface area contributed by atoms with Gasteiger partial charge < -0.3 is 10.2 Å². The molecule has 0 aliphatic heterocycles. The molecule has 0 aromatic carbocycles. The smallest absolute Gasteiger partial charge is 0.129 e. The molecule has 1 fully saturated rings. The van der Waals surface area contributed by atoms with Crippen LogP contribution in [0.1, 0.15) is 65.0 Å². The molecule has 4 heteroatoms. The molecule has 1 aromatic heterocycles. The third-order valence-electron chi connectivity index (χ3n) is 5.33. The van der Waals surface area contributed by atoms with Crippen LogP contribution in [-0.2, 0) is 0 Å². The van der Waals surface area contributed by atoms with Gasteiger partial charge in [-0.15, -0.1) is 0 Å². The zero-order valence-electron chi connectivity index (χ0n) is 14.8. The lowest BCUT2D eigenvalue weighted by molar-refractivity contribution is 0.194. The number of nitrogens with one attached hydrogen (secondary N) is 1. The van der Waals surface area contributed by atoms with Crippen molar-refractivity contribution in [3.05, 3.63) is 18.1 Å². The van der Waals surface area contributed by atoms with Crippen molar-refractivity contribution in [1.82, 2.24) is 14.9 Å². The molecule has 1 atom stereocenters. The number of hydrogen-bond donors (Lipinski definition) is 1. The van der Waals surface area contributed by atoms with E-state index >= 15 is 0 Å². The Labute approximate surface area is 135 Å². The predicted molar refractivity (Wildman–Crippen MR) is 93.3 cm³/mol. The molecule has 1 heterocycles. The first kappa shape index (κ1) is 17.2. The van der Waals surface area contributed by atoms with Gasteiger partial charge in [-0.25, -0.2) is 9.97 Å². The van der Waals surface area contributed by atoms with Crippen molar-refractivity contribution in [2.45, 2.75) is 71.4 Å². The first-order chi connectivity index (χ1) is 10.5. The van der Waals surface area contributed by atoms with Gasteiger partial charge in [0, 0.05) is 29.8 Å². The van der Waals surface area contributed by atoms with Crippen LogP contribution in [0.15, 0.2) is 12.4 Å². The number of hydrogen-bond acceptors (Lipinski definition) is 4. The van der Waals surface area contributed by atoms with E-state index in [1.165, 1.54) is 25.7 Å². The number of rotatable bonds is 6. The van der Waals surface area contributed by atoms with Gasteiger partial charge in [-0.1, -0.05) is 27.7 Å². The Morgan fingerprint density at radius 1 is 1.18 bits per heavy atom. The fraction of sp³-hybridized carbons (Fsp3) is 0.778. The van der Waals surface area contributed by atoms with Crippen molar-refractivity contribution < 1.29 is 0 Å². The fourth-order valence-corrected chi connectivity index (χ4v) is 3.17. The van der Waals surface area contributed by atoms with Crippen molar-refractivity contribution in [2.24, 2.45) is 5.92 Å². The summed E-state index contributed by atoms with van der Waals surface area (Å²) in [7, 11) is 2.24. The van der Waals surface area contributed by atoms with Crippen LogP contribution in [0, 0.1) is 5.92 Å². The summed E-state index contributed by atoms with van der Waals surface area (Å²) in [4.78, 5) is 11.3. The molecule has 0 spiro atoms. The maximum Gasteiger partial charge on any atom is 0.129 e. The zero-order valence-corrected chi connectivity index (χ0v) is 14.8. The molecule has 0 bridgehead atoms. The van der Waals surface area contributed by atoms with Crippen molar-refractivity contribution in [1.29, 1.82) is 0 Å². The summed E-state index contributed by atoms with van der Waals surface area (Å²) >= 11 is 0. The highest BCUT2D eigenvalue weighted by Crippen LogP contribution is 2.26.